The van der Waals surface area contributed by atoms with Crippen molar-refractivity contribution in [3.8, 4) is 23.0 Å². The highest BCUT2D eigenvalue weighted by Crippen LogP contribution is 2.54. The summed E-state index contributed by atoms with van der Waals surface area (Å²) in [4.78, 5) is 48.1. The maximum absolute atomic E-state index is 12.1. The Bertz CT molecular complexity index is 1870. The Kier molecular flexibility index (Phi) is 4.22. The van der Waals surface area contributed by atoms with E-state index >= 15 is 0 Å². The van der Waals surface area contributed by atoms with Crippen LogP contribution in [0.2, 0.25) is 0 Å². The van der Waals surface area contributed by atoms with Crippen LogP contribution in [0.25, 0.3) is 43.1 Å². The Morgan fingerprint density at radius 3 is 1.47 bits per heavy atom. The Balaban J connectivity index is 1.73. The Morgan fingerprint density at radius 2 is 0.889 bits per heavy atom. The zero-order chi connectivity index (χ0) is 24.9. The highest BCUT2D eigenvalue weighted by molar-refractivity contribution is 9.13. The topological polar surface area (TPSA) is 124 Å². The second-order valence-corrected chi connectivity index (χ2v) is 9.36. The molecule has 2 heterocycles. The van der Waals surface area contributed by atoms with E-state index in [1.54, 1.807) is 36.4 Å². The molecule has 2 aliphatic heterocycles. The van der Waals surface area contributed by atoms with Crippen LogP contribution in [0.3, 0.4) is 0 Å². The lowest BCUT2D eigenvalue weighted by atomic mass is 9.88. The molecule has 2 aliphatic rings. The maximum Gasteiger partial charge on any atom is 0.524 e. The molecule has 0 N–H and O–H groups in total. The van der Waals surface area contributed by atoms with Gasteiger partial charge < -0.3 is 28.4 Å². The Labute approximate surface area is 215 Å². The quantitative estimate of drug-likeness (QED) is 0.0577. The average molecular weight is 614 g/mol. The molecule has 0 atom stereocenters. The summed E-state index contributed by atoms with van der Waals surface area (Å²) in [5, 5.41) is 4.75. The van der Waals surface area contributed by atoms with E-state index in [1.165, 1.54) is 0 Å². The van der Waals surface area contributed by atoms with Crippen LogP contribution in [0.15, 0.2) is 45.3 Å². The van der Waals surface area contributed by atoms with Crippen LogP contribution in [-0.4, -0.2) is 24.6 Å². The first-order valence-electron chi connectivity index (χ1n) is 10.1. The van der Waals surface area contributed by atoms with Crippen LogP contribution in [-0.2, 0) is 9.47 Å². The lowest BCUT2D eigenvalue weighted by Gasteiger charge is -2.23. The number of halogens is 2. The fourth-order valence-electron chi connectivity index (χ4n) is 4.76. The van der Waals surface area contributed by atoms with Gasteiger partial charge in [0.05, 0.1) is 15.2 Å². The molecule has 0 radical (unpaired) electrons. The minimum atomic E-state index is -1.24. The first-order valence-corrected chi connectivity index (χ1v) is 11.7. The minimum absolute atomic E-state index is 0.0947. The summed E-state index contributed by atoms with van der Waals surface area (Å²) in [6, 6.07) is 9.87. The molecule has 0 bridgehead atoms. The van der Waals surface area contributed by atoms with Crippen LogP contribution in [0.5, 0.6) is 23.0 Å². The normalized spacial score (nSPS) is 15.4. The molecular formula is C24H6Br2O10. The molecule has 176 valence electrons. The standard InChI is InChI=1S/C24H6Br2O10/c25-18-15-9-3-6-11-16-10(31-21(27)35-22(28)32-11)4-1-7(13(9)16)8-2-5-12-17(14(8)15)20(19(18)26)34-24(30)36-23(29)33-12/h1-6H. The third kappa shape index (κ3) is 2.76. The molecule has 0 fully saturated rings. The Morgan fingerprint density at radius 1 is 0.417 bits per heavy atom. The Hall–Kier alpha value is -4.16. The van der Waals surface area contributed by atoms with Gasteiger partial charge >= 0.3 is 24.6 Å². The number of benzene rings is 5. The van der Waals surface area contributed by atoms with Gasteiger partial charge in [0.2, 0.25) is 0 Å². The van der Waals surface area contributed by atoms with E-state index in [2.05, 4.69) is 41.3 Å². The van der Waals surface area contributed by atoms with Crippen molar-refractivity contribution in [2.24, 2.45) is 0 Å². The number of hydrogen-bond donors (Lipinski definition) is 0. The van der Waals surface area contributed by atoms with Gasteiger partial charge in [-0.2, -0.15) is 0 Å². The van der Waals surface area contributed by atoms with Crippen molar-refractivity contribution in [1.29, 1.82) is 0 Å². The molecule has 10 nitrogen and oxygen atoms in total. The zero-order valence-electron chi connectivity index (χ0n) is 17.3. The van der Waals surface area contributed by atoms with E-state index in [0.29, 0.717) is 52.0 Å². The van der Waals surface area contributed by atoms with E-state index in [0.717, 1.165) is 0 Å². The molecule has 0 amide bonds. The van der Waals surface area contributed by atoms with Crippen LogP contribution in [0, 0.1) is 0 Å². The molecule has 0 aromatic heterocycles. The summed E-state index contributed by atoms with van der Waals surface area (Å²) < 4.78 is 31.1. The highest BCUT2D eigenvalue weighted by atomic mass is 79.9. The predicted octanol–water partition coefficient (Wildman–Crippen LogP) is 7.32. The van der Waals surface area contributed by atoms with Crippen molar-refractivity contribution in [2.45, 2.75) is 0 Å². The number of cyclic esters (lactones) is 4. The van der Waals surface area contributed by atoms with Gasteiger partial charge in [-0.05, 0) is 84.4 Å². The molecule has 0 unspecified atom stereocenters. The molecule has 5 aromatic rings. The second-order valence-electron chi connectivity index (χ2n) is 7.78. The van der Waals surface area contributed by atoms with Crippen molar-refractivity contribution >= 4 is 99.6 Å². The monoisotopic (exact) mass is 612 g/mol. The average Bonchev–Trinajstić information content (AvgIpc) is 2.81. The molecule has 12 heteroatoms. The largest absolute Gasteiger partial charge is 0.524 e. The van der Waals surface area contributed by atoms with Crippen molar-refractivity contribution in [1.82, 2.24) is 0 Å². The molecular weight excluding hydrogens is 608 g/mol. The highest BCUT2D eigenvalue weighted by Gasteiger charge is 2.31. The van der Waals surface area contributed by atoms with Crippen LogP contribution >= 0.6 is 31.9 Å². The number of hydrogen-bond acceptors (Lipinski definition) is 10. The van der Waals surface area contributed by atoms with Gasteiger partial charge in [0.15, 0.2) is 5.75 Å². The van der Waals surface area contributed by atoms with Gasteiger partial charge in [-0.1, -0.05) is 0 Å². The molecule has 0 saturated heterocycles. The number of fused-ring (bicyclic) bond motifs is 2. The number of rotatable bonds is 0. The van der Waals surface area contributed by atoms with Gasteiger partial charge in [0.1, 0.15) is 17.2 Å². The molecule has 0 aliphatic carbocycles. The van der Waals surface area contributed by atoms with Crippen molar-refractivity contribution in [3.63, 3.8) is 0 Å². The van der Waals surface area contributed by atoms with Crippen LogP contribution in [0.1, 0.15) is 0 Å². The summed E-state index contributed by atoms with van der Waals surface area (Å²) in [7, 11) is 0. The van der Waals surface area contributed by atoms with Crippen molar-refractivity contribution < 1.29 is 47.6 Å². The summed E-state index contributed by atoms with van der Waals surface area (Å²) in [6.45, 7) is 0. The fraction of sp³-hybridized carbons (Fsp3) is 0. The van der Waals surface area contributed by atoms with Crippen molar-refractivity contribution in [3.05, 3.63) is 45.3 Å². The first-order chi connectivity index (χ1) is 17.3. The summed E-state index contributed by atoms with van der Waals surface area (Å²) in [6.07, 6.45) is -4.91. The van der Waals surface area contributed by atoms with E-state index in [9.17, 15) is 19.2 Å². The van der Waals surface area contributed by atoms with Crippen LogP contribution < -0.4 is 18.9 Å². The number of ether oxygens (including phenoxy) is 6. The summed E-state index contributed by atoms with van der Waals surface area (Å²) >= 11 is 7.08. The summed E-state index contributed by atoms with van der Waals surface area (Å²) in [5.74, 6) is 0.497. The smallest absolute Gasteiger partial charge is 0.394 e. The van der Waals surface area contributed by atoms with E-state index in [-0.39, 0.29) is 23.0 Å². The summed E-state index contributed by atoms with van der Waals surface area (Å²) in [5.41, 5.74) is 0. The van der Waals surface area contributed by atoms with Gasteiger partial charge in [-0.25, -0.2) is 19.2 Å². The number of carbonyl (C=O) groups excluding carboxylic acids is 4. The van der Waals surface area contributed by atoms with Crippen molar-refractivity contribution in [2.75, 3.05) is 0 Å². The molecule has 0 saturated carbocycles. The minimum Gasteiger partial charge on any atom is -0.394 e. The number of carbonyl (C=O) groups is 4. The van der Waals surface area contributed by atoms with E-state index in [4.69, 9.17) is 18.9 Å². The fourth-order valence-corrected chi connectivity index (χ4v) is 5.83. The third-order valence-electron chi connectivity index (χ3n) is 6.00. The van der Waals surface area contributed by atoms with Gasteiger partial charge in [-0.15, -0.1) is 0 Å². The predicted molar refractivity (Wildman–Crippen MR) is 129 cm³/mol. The molecule has 36 heavy (non-hydrogen) atoms. The van der Waals surface area contributed by atoms with Crippen LogP contribution in [0.4, 0.5) is 19.2 Å². The SMILES string of the molecule is O=C1OC(=O)Oc2ccc3c4c(Br)c(Br)c5c6c(ccc(c7ccc(c2c73)O1)c64)OC(=O)OC(=O)O5. The van der Waals surface area contributed by atoms with Gasteiger partial charge in [0.25, 0.3) is 0 Å². The lowest BCUT2D eigenvalue weighted by molar-refractivity contribution is 0.0857. The van der Waals surface area contributed by atoms with E-state index in [1.807, 2.05) is 0 Å². The zero-order valence-corrected chi connectivity index (χ0v) is 20.5. The van der Waals surface area contributed by atoms with Gasteiger partial charge in [0, 0.05) is 20.6 Å². The first kappa shape index (κ1) is 21.1. The molecule has 0 spiro atoms. The second kappa shape index (κ2) is 7.18. The maximum atomic E-state index is 12.1. The van der Waals surface area contributed by atoms with Gasteiger partial charge in [-0.3, -0.25) is 0 Å². The molecule has 5 aromatic carbocycles. The third-order valence-corrected chi connectivity index (χ3v) is 8.08. The molecule has 7 rings (SSSR count). The lowest BCUT2D eigenvalue weighted by Crippen LogP contribution is -2.22. The van der Waals surface area contributed by atoms with E-state index < -0.39 is 24.6 Å².